The third-order valence-electron chi connectivity index (χ3n) is 21.6. The lowest BCUT2D eigenvalue weighted by Gasteiger charge is -2.27. The molecule has 0 saturated heterocycles. The summed E-state index contributed by atoms with van der Waals surface area (Å²) < 4.78 is 5.94. The molecule has 0 saturated carbocycles. The van der Waals surface area contributed by atoms with Crippen LogP contribution in [0.3, 0.4) is 0 Å². The molecule has 0 radical (unpaired) electrons. The van der Waals surface area contributed by atoms with Gasteiger partial charge in [-0.25, -0.2) is 9.59 Å². The maximum Gasteiger partial charge on any atom is 0.336 e. The molecule has 736 valence electrons. The monoisotopic (exact) mass is 1930 g/mol. The summed E-state index contributed by atoms with van der Waals surface area (Å²) in [6.45, 7) is 6.10. The van der Waals surface area contributed by atoms with Crippen LogP contribution in [0.15, 0.2) is 149 Å². The molecular weight excluding hydrogens is 1810 g/mol. The molecule has 1 aromatic heterocycles. The number of carboxylic acids is 3. The molecule has 27 N–H and O–H groups in total. The largest absolute Gasteiger partial charge is 0.508 e. The van der Waals surface area contributed by atoms with Crippen LogP contribution in [0.25, 0.3) is 44.3 Å². The highest BCUT2D eigenvalue weighted by molar-refractivity contribution is 7.80. The zero-order valence-corrected chi connectivity index (χ0v) is 76.9. The smallest absolute Gasteiger partial charge is 0.336 e. The number of guanidine groups is 1. The lowest BCUT2D eigenvalue weighted by molar-refractivity contribution is -0.142. The van der Waals surface area contributed by atoms with Gasteiger partial charge in [0.1, 0.15) is 83.3 Å². The van der Waals surface area contributed by atoms with Gasteiger partial charge in [0, 0.05) is 111 Å². The predicted molar refractivity (Wildman–Crippen MR) is 506 cm³/mol. The van der Waals surface area contributed by atoms with Gasteiger partial charge in [-0.1, -0.05) is 93.9 Å². The van der Waals surface area contributed by atoms with Crippen LogP contribution in [0.1, 0.15) is 138 Å². The van der Waals surface area contributed by atoms with Crippen molar-refractivity contribution in [1.29, 1.82) is 5.41 Å². The number of aromatic amines is 1. The van der Waals surface area contributed by atoms with Gasteiger partial charge in [0.05, 0.1) is 24.8 Å². The lowest BCUT2D eigenvalue weighted by atomic mass is 9.90. The Balaban J connectivity index is 0.942. The minimum Gasteiger partial charge on any atom is -0.508 e. The number of hydrogen-bond donors (Lipinski definition) is 25. The molecule has 0 fully saturated rings. The summed E-state index contributed by atoms with van der Waals surface area (Å²) in [5, 5.41) is 100.0. The second kappa shape index (κ2) is 52.5. The van der Waals surface area contributed by atoms with E-state index >= 15 is 0 Å². The molecule has 0 unspecified atom stereocenters. The van der Waals surface area contributed by atoms with Crippen LogP contribution in [0.4, 0.5) is 5.69 Å². The number of fused-ring (bicyclic) bond motifs is 3. The fourth-order valence-electron chi connectivity index (χ4n) is 14.5. The number of benzene rings is 6. The minimum atomic E-state index is -1.84. The highest BCUT2D eigenvalue weighted by Gasteiger charge is 2.38. The number of likely N-dealkylation sites (N-methyl/N-ethyl adjacent to an activating group) is 1. The van der Waals surface area contributed by atoms with Crippen LogP contribution in [-0.4, -0.2) is 229 Å². The Labute approximate surface area is 795 Å². The van der Waals surface area contributed by atoms with Crippen molar-refractivity contribution in [2.45, 2.75) is 191 Å². The summed E-state index contributed by atoms with van der Waals surface area (Å²) in [5.74, 6) is -19.5. The van der Waals surface area contributed by atoms with Crippen LogP contribution < -0.4 is 102 Å². The number of carboxylic acid groups (broad SMARTS) is 3. The number of phenols is 2. The van der Waals surface area contributed by atoms with Crippen molar-refractivity contribution in [2.75, 3.05) is 32.0 Å². The molecule has 2 aliphatic rings. The maximum absolute atomic E-state index is 14.8. The van der Waals surface area contributed by atoms with Gasteiger partial charge in [-0.3, -0.25) is 82.1 Å². The van der Waals surface area contributed by atoms with Crippen LogP contribution in [0.5, 0.6) is 11.5 Å². The number of hydrogen-bond acceptors (Lipinski definition) is 23. The molecule has 10 atom stereocenters. The van der Waals surface area contributed by atoms with E-state index in [0.29, 0.717) is 46.1 Å². The molecule has 1 aliphatic carbocycles. The second-order valence-electron chi connectivity index (χ2n) is 32.9. The van der Waals surface area contributed by atoms with Crippen LogP contribution in [0, 0.1) is 11.3 Å². The first kappa shape index (κ1) is 107. The number of carbonyl (C=O) groups is 17. The van der Waals surface area contributed by atoms with Crippen LogP contribution in [-0.2, 0) is 96.1 Å². The first-order valence-electron chi connectivity index (χ1n) is 44.2. The standard InChI is InChI=1S/C93H114N20O24S/c1-6-7-34-98-83(126)69(113-89(132)67(41-54-39-52-16-11-12-17-62(52)103-54)106-75(118)33-36-100-93(138)104-53-21-26-58(61(40-53)90(133)134)80-59-27-24-56(115)42-72(59)137-73-43-57(116)25-28-60(73)80)45-76(119)105-64(30-32-79(122)123)85(128)102-49(4)81(124)111-68(82(125)97-5)44-77(120)107-66(38-50-19-22-55(114)23-20-50)88(131)110-65(29-31-74(94)117)87(130)109-63(18-13-35-99-92(95)96)86(129)112-70(84(127)101-47-51-14-9-8-10-15-51)46-78(121)108-71(91(135)136)37-48(2)3/h8-12,14-17,19-28,39-40,42-43,48-49,63-71,103,114-115H,6-7,13,18,29-38,41,44-47H2,1-5H3,(H2,94,117)(H,97,125)(H,98,126)(H,101,127)(H,102,128)(H,105,119)(H,106,118)(H,107,120)(H,108,121)(H,109,130)(H,110,131)(H,111,124)(H,112,129)(H,113,132)(H,122,123)(H,133,134)(H,135,136)(H4,95,96,99)(H2,100,104,138)/t49-,63-,64-,65-,66-,67-,68-,69-,70-,71-/m0/s1. The fourth-order valence-corrected chi connectivity index (χ4v) is 14.8. The van der Waals surface area contributed by atoms with Crippen molar-refractivity contribution < 1.29 is 111 Å². The van der Waals surface area contributed by atoms with Gasteiger partial charge in [0.15, 0.2) is 16.5 Å². The van der Waals surface area contributed by atoms with Gasteiger partial charge in [0.2, 0.25) is 82.7 Å². The van der Waals surface area contributed by atoms with Crippen LogP contribution in [0.2, 0.25) is 0 Å². The molecule has 0 spiro atoms. The topological polar surface area (TPSA) is 706 Å². The number of primary amides is 1. The summed E-state index contributed by atoms with van der Waals surface area (Å²) in [5.41, 5.74) is 13.9. The van der Waals surface area contributed by atoms with E-state index in [2.05, 4.69) is 90.1 Å². The molecule has 0 bridgehead atoms. The number of aromatic hydroxyl groups is 2. The minimum absolute atomic E-state index is 0.00538. The number of aromatic nitrogens is 1. The van der Waals surface area contributed by atoms with E-state index in [4.69, 9.17) is 33.5 Å². The van der Waals surface area contributed by atoms with Gasteiger partial charge < -0.3 is 131 Å². The van der Waals surface area contributed by atoms with E-state index in [0.717, 1.165) is 19.4 Å². The molecule has 6 aromatic rings. The van der Waals surface area contributed by atoms with E-state index < -0.39 is 218 Å². The highest BCUT2D eigenvalue weighted by atomic mass is 32.1. The lowest BCUT2D eigenvalue weighted by Crippen LogP contribution is -2.59. The van der Waals surface area contributed by atoms with Gasteiger partial charge in [-0.2, -0.15) is 0 Å². The number of nitrogens with two attached hydrogens (primary N) is 2. The number of aromatic carboxylic acids is 1. The molecule has 2 heterocycles. The zero-order valence-electron chi connectivity index (χ0n) is 76.1. The molecule has 138 heavy (non-hydrogen) atoms. The molecule has 8 rings (SSSR count). The number of anilines is 1. The SMILES string of the molecule is CCCCNC(=O)[C@H](CC(=O)N[C@@H](CCC(=O)O)C(=O)N[C@@H](C)C(=O)N[C@@H](CC(=O)N[C@@H](Cc1ccc(O)cc1)C(=O)N[C@@H](CCC(N)=O)C(=O)N[C@@H](CCCNC(=N)N)C(=O)N[C@@H](CC(=O)N[C@@H](CC(C)C)C(=O)O)C(=O)NCc1ccccc1)C(=O)NC)NC(=O)[C@H](Cc1cc2ccccc2[nH]1)NC(=O)CCNC(=S)Nc1ccc(-c2c3ccc(=O)cc-3oc3cc(O)ccc23)c(C(=O)O)c1. The van der Waals surface area contributed by atoms with Crippen LogP contribution >= 0.6 is 12.2 Å². The predicted octanol–water partition coefficient (Wildman–Crippen LogP) is 0.859. The van der Waals surface area contributed by atoms with E-state index in [1.807, 2.05) is 6.92 Å². The van der Waals surface area contributed by atoms with Crippen molar-refractivity contribution >= 4 is 151 Å². The molecule has 1 aliphatic heterocycles. The summed E-state index contributed by atoms with van der Waals surface area (Å²) in [4.78, 5) is 250. The Hall–Kier alpha value is -16.1. The number of rotatable bonds is 53. The Morgan fingerprint density at radius 3 is 1.63 bits per heavy atom. The van der Waals surface area contributed by atoms with Gasteiger partial charge in [0.25, 0.3) is 0 Å². The van der Waals surface area contributed by atoms with Gasteiger partial charge in [-0.05, 0) is 146 Å². The number of carbonyl (C=O) groups excluding carboxylic acids is 14. The third-order valence-corrected chi connectivity index (χ3v) is 21.8. The summed E-state index contributed by atoms with van der Waals surface area (Å²) in [6, 6.07) is 18.3. The molecular formula is C93H114N20O24S. The Bertz CT molecular complexity index is 5780. The van der Waals surface area contributed by atoms with E-state index in [9.17, 15) is 112 Å². The number of para-hydroxylation sites is 1. The Morgan fingerprint density at radius 2 is 1.02 bits per heavy atom. The molecule has 5 aromatic carbocycles. The third kappa shape index (κ3) is 34.1. The van der Waals surface area contributed by atoms with Gasteiger partial charge in [-0.15, -0.1) is 0 Å². The number of unbranched alkanes of at least 4 members (excludes halogenated alkanes) is 1. The Morgan fingerprint density at radius 1 is 0.478 bits per heavy atom. The number of thiocarbonyl (C=S) groups is 1. The first-order chi connectivity index (χ1) is 65.6. The normalized spacial score (nSPS) is 13.2. The summed E-state index contributed by atoms with van der Waals surface area (Å²) in [6.07, 6.45) is -5.64. The van der Waals surface area contributed by atoms with Crippen molar-refractivity contribution in [2.24, 2.45) is 17.4 Å². The zero-order chi connectivity index (χ0) is 101. The molecule has 44 nitrogen and oxygen atoms in total. The highest BCUT2D eigenvalue weighted by Crippen LogP contribution is 2.43. The first-order valence-corrected chi connectivity index (χ1v) is 44.6. The van der Waals surface area contributed by atoms with Crippen molar-refractivity contribution in [3.63, 3.8) is 0 Å². The summed E-state index contributed by atoms with van der Waals surface area (Å²) in [7, 11) is 1.14. The quantitative estimate of drug-likeness (QED) is 0.00826. The molecule has 14 amide bonds. The maximum atomic E-state index is 14.8. The van der Waals surface area contributed by atoms with E-state index in [1.54, 1.807) is 86.6 Å². The number of aliphatic carboxylic acids is 2. The second-order valence-corrected chi connectivity index (χ2v) is 33.4. The fraction of sp³-hybridized carbons (Fsp3) is 0.376. The van der Waals surface area contributed by atoms with E-state index in [-0.39, 0.29) is 120 Å². The van der Waals surface area contributed by atoms with E-state index in [1.165, 1.54) is 66.7 Å². The van der Waals surface area contributed by atoms with Crippen molar-refractivity contribution in [1.82, 2.24) is 84.7 Å². The van der Waals surface area contributed by atoms with Gasteiger partial charge >= 0.3 is 17.9 Å². The van der Waals surface area contributed by atoms with Crippen molar-refractivity contribution in [3.8, 4) is 33.9 Å². The Kier molecular flexibility index (Phi) is 40.8. The number of H-pyrrole nitrogens is 1. The van der Waals surface area contributed by atoms with Crippen molar-refractivity contribution in [3.05, 3.63) is 172 Å². The molecule has 45 heteroatoms. The summed E-state index contributed by atoms with van der Waals surface area (Å²) >= 11 is 5.55. The number of phenolic OH excluding ortho intramolecular Hbond substituents is 2. The average Bonchev–Trinajstić information content (AvgIpc) is 0.753. The number of amides is 14. The average molecular weight is 1930 g/mol. The number of nitrogens with one attached hydrogen (secondary N) is 18.